The van der Waals surface area contributed by atoms with Gasteiger partial charge in [-0.2, -0.15) is 0 Å². The molecule has 1 aliphatic rings. The number of halogens is 2. The quantitative estimate of drug-likeness (QED) is 0.827. The van der Waals surface area contributed by atoms with Gasteiger partial charge in [0.2, 0.25) is 0 Å². The van der Waals surface area contributed by atoms with Crippen LogP contribution in [0.4, 0.5) is 8.78 Å². The molecule has 1 amide bonds. The van der Waals surface area contributed by atoms with Gasteiger partial charge in [-0.15, -0.1) is 0 Å². The van der Waals surface area contributed by atoms with Gasteiger partial charge in [-0.05, 0) is 50.3 Å². The van der Waals surface area contributed by atoms with E-state index in [4.69, 9.17) is 0 Å². The standard InChI is InChI=1S/C20H28F2N4O/c1-12-7-13(2)10-26(9-12)20(3,4)11-23-19(27)14-5-6-15-16(8-14)25-18(24-15)17(21)22/h5-6,8,12-13,17H,7,9-11H2,1-4H3,(H,23,27)(H,24,25). The summed E-state index contributed by atoms with van der Waals surface area (Å²) in [5, 5.41) is 3.00. The molecule has 0 aliphatic carbocycles. The van der Waals surface area contributed by atoms with Crippen LogP contribution in [0.2, 0.25) is 0 Å². The largest absolute Gasteiger partial charge is 0.350 e. The number of nitrogens with one attached hydrogen (secondary N) is 2. The lowest BCUT2D eigenvalue weighted by molar-refractivity contribution is 0.0445. The lowest BCUT2D eigenvalue weighted by Gasteiger charge is -2.45. The van der Waals surface area contributed by atoms with Gasteiger partial charge in [0.1, 0.15) is 0 Å². The van der Waals surface area contributed by atoms with Gasteiger partial charge in [-0.25, -0.2) is 13.8 Å². The first kappa shape index (κ1) is 19.7. The molecule has 0 radical (unpaired) electrons. The summed E-state index contributed by atoms with van der Waals surface area (Å²) in [6.07, 6.45) is -1.42. The van der Waals surface area contributed by atoms with Crippen molar-refractivity contribution in [2.45, 2.75) is 46.1 Å². The molecule has 1 fully saturated rings. The van der Waals surface area contributed by atoms with Gasteiger partial charge in [0, 0.05) is 30.7 Å². The van der Waals surface area contributed by atoms with Gasteiger partial charge in [-0.3, -0.25) is 9.69 Å². The maximum atomic E-state index is 12.8. The van der Waals surface area contributed by atoms with Crippen molar-refractivity contribution in [2.24, 2.45) is 11.8 Å². The normalized spacial score (nSPS) is 21.7. The molecule has 3 rings (SSSR count). The zero-order chi connectivity index (χ0) is 19.8. The number of fused-ring (bicyclic) bond motifs is 1. The summed E-state index contributed by atoms with van der Waals surface area (Å²) in [4.78, 5) is 21.4. The number of rotatable bonds is 5. The number of nitrogens with zero attached hydrogens (tertiary/aromatic N) is 2. The van der Waals surface area contributed by atoms with Crippen LogP contribution in [0.3, 0.4) is 0 Å². The van der Waals surface area contributed by atoms with Crippen LogP contribution in [0.25, 0.3) is 11.0 Å². The number of hydrogen-bond donors (Lipinski definition) is 2. The molecule has 1 aromatic carbocycles. The Labute approximate surface area is 158 Å². The van der Waals surface area contributed by atoms with E-state index in [2.05, 4.69) is 47.9 Å². The van der Waals surface area contributed by atoms with Crippen molar-refractivity contribution in [1.29, 1.82) is 0 Å². The van der Waals surface area contributed by atoms with Gasteiger partial charge in [0.25, 0.3) is 12.3 Å². The molecular formula is C20H28F2N4O. The molecule has 2 aromatic rings. The number of alkyl halides is 2. The number of likely N-dealkylation sites (tertiary alicyclic amines) is 1. The number of carbonyl (C=O) groups excluding carboxylic acids is 1. The van der Waals surface area contributed by atoms with Crippen LogP contribution in [0.15, 0.2) is 18.2 Å². The molecule has 0 saturated carbocycles. The van der Waals surface area contributed by atoms with E-state index in [0.29, 0.717) is 35.0 Å². The van der Waals surface area contributed by atoms with Crippen LogP contribution < -0.4 is 5.32 Å². The number of carbonyl (C=O) groups is 1. The van der Waals surface area contributed by atoms with Crippen molar-refractivity contribution in [3.05, 3.63) is 29.6 Å². The van der Waals surface area contributed by atoms with Gasteiger partial charge in [-0.1, -0.05) is 13.8 Å². The third-order valence-electron chi connectivity index (χ3n) is 5.38. The van der Waals surface area contributed by atoms with E-state index < -0.39 is 6.43 Å². The lowest BCUT2D eigenvalue weighted by atomic mass is 9.88. The molecule has 0 bridgehead atoms. The average molecular weight is 378 g/mol. The van der Waals surface area contributed by atoms with Crippen molar-refractivity contribution in [3.63, 3.8) is 0 Å². The fourth-order valence-electron chi connectivity index (χ4n) is 3.94. The number of imidazole rings is 1. The lowest BCUT2D eigenvalue weighted by Crippen LogP contribution is -2.56. The minimum atomic E-state index is -2.66. The van der Waals surface area contributed by atoms with Crippen LogP contribution in [0.1, 0.15) is 56.7 Å². The first-order chi connectivity index (χ1) is 12.7. The number of aromatic nitrogens is 2. The summed E-state index contributed by atoms with van der Waals surface area (Å²) in [5.41, 5.74) is 1.15. The molecule has 1 aliphatic heterocycles. The molecule has 1 saturated heterocycles. The molecule has 7 heteroatoms. The van der Waals surface area contributed by atoms with Crippen molar-refractivity contribution in [2.75, 3.05) is 19.6 Å². The van der Waals surface area contributed by atoms with Gasteiger partial charge >= 0.3 is 0 Å². The fourth-order valence-corrected chi connectivity index (χ4v) is 3.94. The predicted octanol–water partition coefficient (Wildman–Crippen LogP) is 3.99. The number of hydrogen-bond acceptors (Lipinski definition) is 3. The summed E-state index contributed by atoms with van der Waals surface area (Å²) >= 11 is 0. The fraction of sp³-hybridized carbons (Fsp3) is 0.600. The van der Waals surface area contributed by atoms with Crippen LogP contribution in [-0.2, 0) is 0 Å². The molecule has 2 atom stereocenters. The number of piperidine rings is 1. The maximum absolute atomic E-state index is 12.8. The topological polar surface area (TPSA) is 61.0 Å². The summed E-state index contributed by atoms with van der Waals surface area (Å²) in [6, 6.07) is 4.78. The zero-order valence-corrected chi connectivity index (χ0v) is 16.4. The third kappa shape index (κ3) is 4.46. The van der Waals surface area contributed by atoms with Crippen molar-refractivity contribution in [1.82, 2.24) is 20.2 Å². The summed E-state index contributed by atoms with van der Waals surface area (Å²) in [7, 11) is 0. The van der Waals surface area contributed by atoms with Crippen LogP contribution in [-0.4, -0.2) is 45.9 Å². The number of amides is 1. The number of H-pyrrole nitrogens is 1. The highest BCUT2D eigenvalue weighted by atomic mass is 19.3. The highest BCUT2D eigenvalue weighted by Crippen LogP contribution is 2.27. The van der Waals surface area contributed by atoms with E-state index in [1.54, 1.807) is 18.2 Å². The van der Waals surface area contributed by atoms with Gasteiger partial charge < -0.3 is 10.3 Å². The summed E-state index contributed by atoms with van der Waals surface area (Å²) in [6.45, 7) is 11.4. The van der Waals surface area contributed by atoms with E-state index in [1.807, 2.05) is 0 Å². The van der Waals surface area contributed by atoms with Crippen LogP contribution in [0.5, 0.6) is 0 Å². The van der Waals surface area contributed by atoms with E-state index in [9.17, 15) is 13.6 Å². The van der Waals surface area contributed by atoms with Gasteiger partial charge in [0.05, 0.1) is 11.0 Å². The zero-order valence-electron chi connectivity index (χ0n) is 16.4. The van der Waals surface area contributed by atoms with E-state index >= 15 is 0 Å². The molecule has 148 valence electrons. The summed E-state index contributed by atoms with van der Waals surface area (Å²) in [5.74, 6) is 0.708. The molecule has 27 heavy (non-hydrogen) atoms. The minimum absolute atomic E-state index is 0.153. The Hall–Kier alpha value is -2.02. The monoisotopic (exact) mass is 378 g/mol. The first-order valence-corrected chi connectivity index (χ1v) is 9.47. The Morgan fingerprint density at radius 1 is 1.33 bits per heavy atom. The molecule has 0 spiro atoms. The molecule has 2 N–H and O–H groups in total. The molecule has 2 heterocycles. The van der Waals surface area contributed by atoms with Crippen molar-refractivity contribution < 1.29 is 13.6 Å². The average Bonchev–Trinajstić information content (AvgIpc) is 3.02. The van der Waals surface area contributed by atoms with E-state index in [-0.39, 0.29) is 17.3 Å². The Morgan fingerprint density at radius 2 is 2.00 bits per heavy atom. The SMILES string of the molecule is CC1CC(C)CN(C(C)(C)CNC(=O)c2ccc3nc(C(F)F)[nH]c3c2)C1. The van der Waals surface area contributed by atoms with Crippen molar-refractivity contribution in [3.8, 4) is 0 Å². The Bertz CT molecular complexity index is 807. The second-order valence-corrected chi connectivity index (χ2v) is 8.50. The highest BCUT2D eigenvalue weighted by Gasteiger charge is 2.33. The van der Waals surface area contributed by atoms with E-state index in [1.165, 1.54) is 6.42 Å². The molecule has 5 nitrogen and oxygen atoms in total. The van der Waals surface area contributed by atoms with Crippen molar-refractivity contribution >= 4 is 16.9 Å². The van der Waals surface area contributed by atoms with Crippen LogP contribution in [0, 0.1) is 11.8 Å². The van der Waals surface area contributed by atoms with E-state index in [0.717, 1.165) is 13.1 Å². The highest BCUT2D eigenvalue weighted by molar-refractivity contribution is 5.97. The maximum Gasteiger partial charge on any atom is 0.295 e. The minimum Gasteiger partial charge on any atom is -0.350 e. The van der Waals surface area contributed by atoms with Gasteiger partial charge in [0.15, 0.2) is 5.82 Å². The first-order valence-electron chi connectivity index (χ1n) is 9.47. The second-order valence-electron chi connectivity index (χ2n) is 8.50. The Morgan fingerprint density at radius 3 is 2.63 bits per heavy atom. The third-order valence-corrected chi connectivity index (χ3v) is 5.38. The van der Waals surface area contributed by atoms with Crippen LogP contribution >= 0.6 is 0 Å². The second kappa shape index (κ2) is 7.54. The molecule has 1 aromatic heterocycles. The smallest absolute Gasteiger partial charge is 0.295 e. The molecule has 2 unspecified atom stereocenters. The number of aromatic amines is 1. The Kier molecular flexibility index (Phi) is 5.51. The molecular weight excluding hydrogens is 350 g/mol. The number of benzene rings is 1. The Balaban J connectivity index is 1.67. The predicted molar refractivity (Wildman–Crippen MR) is 102 cm³/mol. The summed E-state index contributed by atoms with van der Waals surface area (Å²) < 4.78 is 25.5.